The van der Waals surface area contributed by atoms with Crippen LogP contribution in [0.2, 0.25) is 0 Å². The summed E-state index contributed by atoms with van der Waals surface area (Å²) in [6.07, 6.45) is 7.84. The lowest BCUT2D eigenvalue weighted by Gasteiger charge is -2.46. The number of rotatable bonds is 3. The second kappa shape index (κ2) is 12.3. The van der Waals surface area contributed by atoms with Gasteiger partial charge in [0.1, 0.15) is 17.1 Å². The van der Waals surface area contributed by atoms with Crippen LogP contribution in [-0.2, 0) is 4.79 Å². The van der Waals surface area contributed by atoms with E-state index in [9.17, 15) is 9.90 Å². The van der Waals surface area contributed by atoms with Crippen LogP contribution in [0.1, 0.15) is 91.0 Å². The van der Waals surface area contributed by atoms with Gasteiger partial charge in [-0.05, 0) is 111 Å². The first-order valence-electron chi connectivity index (χ1n) is 20.5. The Bertz CT molecular complexity index is 2780. The van der Waals surface area contributed by atoms with Crippen molar-refractivity contribution in [2.45, 2.75) is 88.4 Å². The van der Waals surface area contributed by atoms with Gasteiger partial charge in [-0.1, -0.05) is 108 Å². The van der Waals surface area contributed by atoms with Gasteiger partial charge < -0.3 is 21.1 Å². The summed E-state index contributed by atoms with van der Waals surface area (Å²) in [6.45, 7) is 4.28. The van der Waals surface area contributed by atoms with Crippen molar-refractivity contribution < 1.29 is 9.90 Å². The summed E-state index contributed by atoms with van der Waals surface area (Å²) < 4.78 is 0. The zero-order chi connectivity index (χ0) is 37.8. The molecule has 56 heavy (non-hydrogen) atoms. The van der Waals surface area contributed by atoms with Crippen molar-refractivity contribution >= 4 is 55.5 Å². The molecule has 2 spiro atoms. The van der Waals surface area contributed by atoms with E-state index in [1.165, 1.54) is 22.3 Å². The van der Waals surface area contributed by atoms with E-state index < -0.39 is 5.66 Å². The first-order valence-corrected chi connectivity index (χ1v) is 20.5. The molecule has 2 fully saturated rings. The molecule has 6 aromatic carbocycles. The van der Waals surface area contributed by atoms with Crippen molar-refractivity contribution in [2.75, 3.05) is 16.0 Å². The zero-order valence-electron chi connectivity index (χ0n) is 32.0. The number of carbonyl (C=O) groups excluding carboxylic acids is 1. The van der Waals surface area contributed by atoms with E-state index in [2.05, 4.69) is 127 Å². The van der Waals surface area contributed by atoms with Gasteiger partial charge in [0, 0.05) is 27.2 Å². The molecule has 2 heterocycles. The molecule has 0 amide bonds. The minimum atomic E-state index is -0.462. The van der Waals surface area contributed by atoms with Crippen LogP contribution in [0.15, 0.2) is 120 Å². The molecule has 0 bridgehead atoms. The Morgan fingerprint density at radius 1 is 0.607 bits per heavy atom. The first-order chi connectivity index (χ1) is 27.3. The van der Waals surface area contributed by atoms with Crippen LogP contribution < -0.4 is 26.5 Å². The van der Waals surface area contributed by atoms with E-state index in [1.807, 2.05) is 12.1 Å². The molecule has 0 radical (unpaired) electrons. The maximum atomic E-state index is 14.6. The number of aliphatic hydroxyl groups is 1. The van der Waals surface area contributed by atoms with Crippen molar-refractivity contribution in [3.8, 4) is 0 Å². The molecule has 6 aromatic rings. The van der Waals surface area contributed by atoms with Crippen LogP contribution in [0.25, 0.3) is 32.7 Å². The highest BCUT2D eigenvalue weighted by molar-refractivity contribution is 6.52. The molecule has 5 aliphatic rings. The largest absolute Gasteiger partial charge is 0.506 e. The molecule has 4 N–H and O–H groups in total. The molecule has 2 saturated carbocycles. The summed E-state index contributed by atoms with van der Waals surface area (Å²) in [4.78, 5) is 20.0. The maximum absolute atomic E-state index is 14.6. The van der Waals surface area contributed by atoms with Crippen molar-refractivity contribution in [1.82, 2.24) is 0 Å². The lowest BCUT2D eigenvalue weighted by molar-refractivity contribution is -0.109. The summed E-state index contributed by atoms with van der Waals surface area (Å²) in [6, 6.07) is 38.8. The van der Waals surface area contributed by atoms with Crippen molar-refractivity contribution in [1.29, 1.82) is 0 Å². The molecular formula is C50H46N4O2. The number of nitrogens with zero attached hydrogens (tertiary/aromatic N) is 1. The monoisotopic (exact) mass is 734 g/mol. The topological polar surface area (TPSA) is 85.8 Å². The molecule has 2 aliphatic heterocycles. The second-order valence-electron chi connectivity index (χ2n) is 17.2. The number of aryl methyl sites for hydroxylation is 2. The second-order valence-corrected chi connectivity index (χ2v) is 17.2. The normalized spacial score (nSPS) is 26.1. The fraction of sp³-hybridized carbons (Fsp3) is 0.280. The standard InChI is InChI=1S/C50H46N4O2/c1-29-9-13-31(14-10-29)33-21-25-49(26-22-33)51-39-7-3-5-35-17-19-37(45(53-49)41(35)39)43-47(55)44(48(43)56)38-20-18-36-6-4-8-40-42(36)46(38)54-50(52-40)27-23-34(24-28-50)32-15-11-30(2)12-16-32/h3-20,33-34,51,53-55H,21-28H2,1-2H3/b44-38+. The number of anilines is 3. The Balaban J connectivity index is 0.968. The van der Waals surface area contributed by atoms with Gasteiger partial charge >= 0.3 is 0 Å². The van der Waals surface area contributed by atoms with Gasteiger partial charge in [0.05, 0.1) is 27.9 Å². The molecule has 0 atom stereocenters. The van der Waals surface area contributed by atoms with E-state index in [1.54, 1.807) is 0 Å². The molecule has 3 aliphatic carbocycles. The molecule has 0 saturated heterocycles. The lowest BCUT2D eigenvalue weighted by atomic mass is 9.75. The molecule has 0 aromatic heterocycles. The summed E-state index contributed by atoms with van der Waals surface area (Å²) >= 11 is 0. The average Bonchev–Trinajstić information content (AvgIpc) is 3.21. The van der Waals surface area contributed by atoms with Crippen molar-refractivity contribution in [3.63, 3.8) is 0 Å². The van der Waals surface area contributed by atoms with Gasteiger partial charge in [-0.25, -0.2) is 0 Å². The van der Waals surface area contributed by atoms with Gasteiger partial charge in [-0.15, -0.1) is 0 Å². The number of nitrogens with one attached hydrogen (secondary N) is 3. The van der Waals surface area contributed by atoms with Crippen LogP contribution in [0, 0.1) is 13.8 Å². The van der Waals surface area contributed by atoms with E-state index in [-0.39, 0.29) is 17.2 Å². The van der Waals surface area contributed by atoms with Gasteiger partial charge in [-0.3, -0.25) is 9.79 Å². The van der Waals surface area contributed by atoms with E-state index in [0.717, 1.165) is 106 Å². The number of ketones is 1. The fourth-order valence-electron chi connectivity index (χ4n) is 10.6. The van der Waals surface area contributed by atoms with Crippen LogP contribution in [0.5, 0.6) is 0 Å². The van der Waals surface area contributed by atoms with Gasteiger partial charge in [-0.2, -0.15) is 0 Å². The third-order valence-corrected chi connectivity index (χ3v) is 13.7. The molecule has 0 unspecified atom stereocenters. The highest BCUT2D eigenvalue weighted by Crippen LogP contribution is 2.51. The Labute approximate surface area is 327 Å². The summed E-state index contributed by atoms with van der Waals surface area (Å²) in [7, 11) is 0. The summed E-state index contributed by atoms with van der Waals surface area (Å²) in [5.41, 5.74) is 9.02. The Kier molecular flexibility index (Phi) is 7.36. The SMILES string of the molecule is Cc1ccc(C2CCC3(CC2)N=c2cccc4cc/c(=C5\C(=O)C(c6ccc7cccc8c7c6NC6(CCC(c7ccc(C)cc7)CC6)N8)=C5O)c(c24)N3)cc1. The first kappa shape index (κ1) is 33.5. The Hall–Kier alpha value is -5.88. The van der Waals surface area contributed by atoms with Gasteiger partial charge in [0.15, 0.2) is 0 Å². The van der Waals surface area contributed by atoms with E-state index in [0.29, 0.717) is 23.0 Å². The van der Waals surface area contributed by atoms with Crippen LogP contribution in [0.4, 0.5) is 17.1 Å². The van der Waals surface area contributed by atoms with Crippen molar-refractivity contribution in [2.24, 2.45) is 4.99 Å². The van der Waals surface area contributed by atoms with Crippen LogP contribution in [-0.4, -0.2) is 22.2 Å². The van der Waals surface area contributed by atoms with Gasteiger partial charge in [0.2, 0.25) is 5.78 Å². The predicted octanol–water partition coefficient (Wildman–Crippen LogP) is 10.3. The number of hydrogen-bond acceptors (Lipinski definition) is 6. The van der Waals surface area contributed by atoms with Crippen LogP contribution >= 0.6 is 0 Å². The molecule has 11 rings (SSSR count). The maximum Gasteiger partial charge on any atom is 0.201 e. The number of aliphatic hydroxyl groups excluding tert-OH is 1. The number of benzene rings is 6. The molecule has 278 valence electrons. The number of allylic oxidation sites excluding steroid dienone is 2. The van der Waals surface area contributed by atoms with Gasteiger partial charge in [0.25, 0.3) is 0 Å². The van der Waals surface area contributed by atoms with E-state index >= 15 is 0 Å². The molecular weight excluding hydrogens is 689 g/mol. The summed E-state index contributed by atoms with van der Waals surface area (Å²) in [5.74, 6) is 0.955. The predicted molar refractivity (Wildman–Crippen MR) is 228 cm³/mol. The minimum absolute atomic E-state index is 0.0649. The molecule has 6 heteroatoms. The fourth-order valence-corrected chi connectivity index (χ4v) is 10.6. The third kappa shape index (κ3) is 5.14. The number of carbonyl (C=O) groups is 1. The highest BCUT2D eigenvalue weighted by Gasteiger charge is 2.44. The quantitative estimate of drug-likeness (QED) is 0.145. The Morgan fingerprint density at radius 2 is 1.21 bits per heavy atom. The molecule has 6 nitrogen and oxygen atoms in total. The lowest BCUT2D eigenvalue weighted by Crippen LogP contribution is -2.50. The zero-order valence-corrected chi connectivity index (χ0v) is 32.0. The number of Topliss-reactive ketones (excluding diaryl/α,β-unsaturated/α-hetero) is 1. The smallest absolute Gasteiger partial charge is 0.201 e. The van der Waals surface area contributed by atoms with E-state index in [4.69, 9.17) is 4.99 Å². The van der Waals surface area contributed by atoms with Crippen LogP contribution in [0.3, 0.4) is 0 Å². The summed E-state index contributed by atoms with van der Waals surface area (Å²) in [5, 5.41) is 29.8. The third-order valence-electron chi connectivity index (χ3n) is 13.7. The average molecular weight is 735 g/mol. The highest BCUT2D eigenvalue weighted by atomic mass is 16.3. The van der Waals surface area contributed by atoms with Crippen molar-refractivity contribution in [3.05, 3.63) is 153 Å². The number of hydrogen-bond donors (Lipinski definition) is 4. The Morgan fingerprint density at radius 3 is 1.88 bits per heavy atom. The minimum Gasteiger partial charge on any atom is -0.506 e.